The van der Waals surface area contributed by atoms with Crippen LogP contribution in [0.25, 0.3) is 0 Å². The summed E-state index contributed by atoms with van der Waals surface area (Å²) in [6, 6.07) is 3.89. The molecule has 2 N–H and O–H groups in total. The molecule has 9 heteroatoms. The number of carboxylic acids is 1. The lowest BCUT2D eigenvalue weighted by atomic mass is 10.2. The standard InChI is InChI=1S/C12H11ClN2O4S2/c13-8-3-4-14-7-11(8)21(18,19)15-9(6-12(16)17)10-2-1-5-20-10/h1-5,7,9,15H,6H2,(H,16,17). The number of aromatic nitrogens is 1. The van der Waals surface area contributed by atoms with Crippen LogP contribution < -0.4 is 4.72 Å². The van der Waals surface area contributed by atoms with Crippen molar-refractivity contribution in [2.45, 2.75) is 17.4 Å². The third-order valence-electron chi connectivity index (χ3n) is 2.59. The summed E-state index contributed by atoms with van der Waals surface area (Å²) in [7, 11) is -3.96. The maximum Gasteiger partial charge on any atom is 0.305 e. The summed E-state index contributed by atoms with van der Waals surface area (Å²) < 4.78 is 27.0. The van der Waals surface area contributed by atoms with Crippen molar-refractivity contribution in [3.05, 3.63) is 45.9 Å². The van der Waals surface area contributed by atoms with Crippen LogP contribution in [-0.2, 0) is 14.8 Å². The minimum absolute atomic E-state index is 0.0257. The van der Waals surface area contributed by atoms with Crippen molar-refractivity contribution in [1.29, 1.82) is 0 Å². The lowest BCUT2D eigenvalue weighted by Gasteiger charge is -2.16. The molecule has 1 atom stereocenters. The highest BCUT2D eigenvalue weighted by Gasteiger charge is 2.26. The van der Waals surface area contributed by atoms with Crippen molar-refractivity contribution < 1.29 is 18.3 Å². The number of nitrogens with zero attached hydrogens (tertiary/aromatic N) is 1. The van der Waals surface area contributed by atoms with Gasteiger partial charge in [-0.2, -0.15) is 0 Å². The summed E-state index contributed by atoms with van der Waals surface area (Å²) in [5.74, 6) is -1.10. The number of aliphatic carboxylic acids is 1. The summed E-state index contributed by atoms with van der Waals surface area (Å²) in [5, 5.41) is 10.7. The molecule has 0 aliphatic rings. The maximum absolute atomic E-state index is 12.3. The van der Waals surface area contributed by atoms with Crippen LogP contribution in [0.15, 0.2) is 40.9 Å². The minimum Gasteiger partial charge on any atom is -0.481 e. The van der Waals surface area contributed by atoms with Crippen LogP contribution in [0.1, 0.15) is 17.3 Å². The van der Waals surface area contributed by atoms with Crippen molar-refractivity contribution in [2.75, 3.05) is 0 Å². The second kappa shape index (κ2) is 6.52. The Morgan fingerprint density at radius 3 is 2.81 bits per heavy atom. The van der Waals surface area contributed by atoms with Gasteiger partial charge in [-0.1, -0.05) is 17.7 Å². The molecule has 0 aliphatic carbocycles. The molecule has 1 unspecified atom stereocenters. The lowest BCUT2D eigenvalue weighted by Crippen LogP contribution is -2.30. The fourth-order valence-corrected chi connectivity index (χ4v) is 4.17. The molecule has 0 saturated carbocycles. The largest absolute Gasteiger partial charge is 0.481 e. The average molecular weight is 347 g/mol. The zero-order valence-corrected chi connectivity index (χ0v) is 13.0. The Balaban J connectivity index is 2.32. The van der Waals surface area contributed by atoms with E-state index in [-0.39, 0.29) is 16.3 Å². The van der Waals surface area contributed by atoms with Gasteiger partial charge >= 0.3 is 5.97 Å². The van der Waals surface area contributed by atoms with Gasteiger partial charge in [0.2, 0.25) is 10.0 Å². The Morgan fingerprint density at radius 2 is 2.24 bits per heavy atom. The highest BCUT2D eigenvalue weighted by molar-refractivity contribution is 7.89. The summed E-state index contributed by atoms with van der Waals surface area (Å²) >= 11 is 7.12. The molecular formula is C12H11ClN2O4S2. The fourth-order valence-electron chi connectivity index (χ4n) is 1.68. The summed E-state index contributed by atoms with van der Waals surface area (Å²) in [6.07, 6.45) is 2.13. The van der Waals surface area contributed by atoms with E-state index in [4.69, 9.17) is 16.7 Å². The Labute approximate surface area is 130 Å². The van der Waals surface area contributed by atoms with Gasteiger partial charge in [0.15, 0.2) is 0 Å². The summed E-state index contributed by atoms with van der Waals surface area (Å²) in [5.41, 5.74) is 0. The van der Waals surface area contributed by atoms with E-state index in [0.29, 0.717) is 4.88 Å². The Morgan fingerprint density at radius 1 is 1.48 bits per heavy atom. The van der Waals surface area contributed by atoms with Crippen LogP contribution in [0.5, 0.6) is 0 Å². The second-order valence-electron chi connectivity index (χ2n) is 4.09. The molecule has 0 aromatic carbocycles. The topological polar surface area (TPSA) is 96.4 Å². The maximum atomic E-state index is 12.3. The van der Waals surface area contributed by atoms with Crippen molar-refractivity contribution in [2.24, 2.45) is 0 Å². The molecule has 6 nitrogen and oxygen atoms in total. The number of halogens is 1. The number of carboxylic acid groups (broad SMARTS) is 1. The summed E-state index contributed by atoms with van der Waals surface area (Å²) in [4.78, 5) is 15.1. The van der Waals surface area contributed by atoms with Crippen molar-refractivity contribution >= 4 is 38.9 Å². The molecule has 21 heavy (non-hydrogen) atoms. The predicted octanol–water partition coefficient (Wildman–Crippen LogP) is 2.29. The molecule has 0 spiro atoms. The van der Waals surface area contributed by atoms with Crippen LogP contribution in [0, 0.1) is 0 Å². The number of pyridine rings is 1. The van der Waals surface area contributed by atoms with Crippen molar-refractivity contribution in [3.8, 4) is 0 Å². The first-order valence-corrected chi connectivity index (χ1v) is 8.51. The van der Waals surface area contributed by atoms with Crippen LogP contribution >= 0.6 is 22.9 Å². The molecule has 2 heterocycles. The molecule has 0 amide bonds. The van der Waals surface area contributed by atoms with E-state index in [1.165, 1.54) is 23.6 Å². The monoisotopic (exact) mass is 346 g/mol. The molecule has 2 rings (SSSR count). The van der Waals surface area contributed by atoms with Gasteiger partial charge in [-0.05, 0) is 17.5 Å². The molecule has 0 radical (unpaired) electrons. The number of thiophene rings is 1. The third-order valence-corrected chi connectivity index (χ3v) is 5.51. The predicted molar refractivity (Wildman–Crippen MR) is 78.9 cm³/mol. The quantitative estimate of drug-likeness (QED) is 0.836. The van der Waals surface area contributed by atoms with Gasteiger partial charge in [0, 0.05) is 17.3 Å². The average Bonchev–Trinajstić information content (AvgIpc) is 2.91. The molecule has 2 aromatic rings. The van der Waals surface area contributed by atoms with Gasteiger partial charge < -0.3 is 5.11 Å². The first kappa shape index (κ1) is 15.9. The van der Waals surface area contributed by atoms with Crippen LogP contribution in [0.4, 0.5) is 0 Å². The van der Waals surface area contributed by atoms with E-state index in [1.807, 2.05) is 0 Å². The lowest BCUT2D eigenvalue weighted by molar-refractivity contribution is -0.137. The first-order valence-electron chi connectivity index (χ1n) is 5.77. The first-order chi connectivity index (χ1) is 9.90. The van der Waals surface area contributed by atoms with Gasteiger partial charge in [-0.3, -0.25) is 9.78 Å². The van der Waals surface area contributed by atoms with E-state index in [9.17, 15) is 13.2 Å². The zero-order valence-electron chi connectivity index (χ0n) is 10.6. The third kappa shape index (κ3) is 4.01. The Bertz CT molecular complexity index is 731. The van der Waals surface area contributed by atoms with Gasteiger partial charge in [-0.15, -0.1) is 11.3 Å². The van der Waals surface area contributed by atoms with E-state index in [2.05, 4.69) is 9.71 Å². The number of sulfonamides is 1. The fraction of sp³-hybridized carbons (Fsp3) is 0.167. The smallest absolute Gasteiger partial charge is 0.305 e. The molecule has 2 aromatic heterocycles. The van der Waals surface area contributed by atoms with E-state index in [0.717, 1.165) is 6.20 Å². The van der Waals surface area contributed by atoms with Crippen molar-refractivity contribution in [3.63, 3.8) is 0 Å². The Kier molecular flexibility index (Phi) is 4.94. The molecule has 0 saturated heterocycles. The SMILES string of the molecule is O=C(O)CC(NS(=O)(=O)c1cnccc1Cl)c1cccs1. The van der Waals surface area contributed by atoms with Crippen molar-refractivity contribution in [1.82, 2.24) is 9.71 Å². The number of rotatable bonds is 6. The molecule has 112 valence electrons. The highest BCUT2D eigenvalue weighted by atomic mass is 35.5. The molecule has 0 aliphatic heterocycles. The minimum atomic E-state index is -3.96. The van der Waals surface area contributed by atoms with Gasteiger partial charge in [0.05, 0.1) is 17.5 Å². The number of hydrogen-bond donors (Lipinski definition) is 2. The van der Waals surface area contributed by atoms with Crippen LogP contribution in [0.3, 0.4) is 0 Å². The highest BCUT2D eigenvalue weighted by Crippen LogP contribution is 2.26. The van der Waals surface area contributed by atoms with Crippen LogP contribution in [0.2, 0.25) is 5.02 Å². The normalized spacial score (nSPS) is 13.0. The van der Waals surface area contributed by atoms with E-state index >= 15 is 0 Å². The van der Waals surface area contributed by atoms with Crippen LogP contribution in [-0.4, -0.2) is 24.5 Å². The molecule has 0 bridgehead atoms. The number of hydrogen-bond acceptors (Lipinski definition) is 5. The molecule has 0 fully saturated rings. The van der Waals surface area contributed by atoms with E-state index < -0.39 is 22.0 Å². The molecular weight excluding hydrogens is 336 g/mol. The van der Waals surface area contributed by atoms with Gasteiger partial charge in [0.25, 0.3) is 0 Å². The zero-order chi connectivity index (χ0) is 15.5. The Hall–Kier alpha value is -1.48. The van der Waals surface area contributed by atoms with E-state index in [1.54, 1.807) is 17.5 Å². The number of nitrogens with one attached hydrogen (secondary N) is 1. The second-order valence-corrected chi connectivity index (χ2v) is 7.16. The number of carbonyl (C=O) groups is 1. The summed E-state index contributed by atoms with van der Waals surface area (Å²) in [6.45, 7) is 0. The van der Waals surface area contributed by atoms with Gasteiger partial charge in [-0.25, -0.2) is 13.1 Å². The van der Waals surface area contributed by atoms with Gasteiger partial charge in [0.1, 0.15) is 4.90 Å².